The summed E-state index contributed by atoms with van der Waals surface area (Å²) in [6.07, 6.45) is 0.250. The molecule has 1 heterocycles. The van der Waals surface area contributed by atoms with Gasteiger partial charge in [-0.25, -0.2) is 0 Å². The smallest absolute Gasteiger partial charge is 0.172 e. The monoisotopic (exact) mass is 262 g/mol. The second-order valence-corrected chi connectivity index (χ2v) is 5.27. The van der Waals surface area contributed by atoms with Crippen molar-refractivity contribution in [1.29, 1.82) is 0 Å². The van der Waals surface area contributed by atoms with Gasteiger partial charge in [0, 0.05) is 24.0 Å². The van der Waals surface area contributed by atoms with Crippen molar-refractivity contribution in [1.82, 2.24) is 0 Å². The Kier molecular flexibility index (Phi) is 3.27. The molecule has 1 aliphatic rings. The number of Topliss-reactive ketones (excluding diaryl/α,β-unsaturated/α-hetero) is 1. The first-order valence-electron chi connectivity index (χ1n) is 6.27. The zero-order valence-corrected chi connectivity index (χ0v) is 11.4. The molecule has 1 aliphatic heterocycles. The zero-order valence-electron chi connectivity index (χ0n) is 11.4. The Morgan fingerprint density at radius 2 is 2.11 bits per heavy atom. The largest absolute Gasteiger partial charge is 0.507 e. The van der Waals surface area contributed by atoms with Crippen LogP contribution < -0.4 is 4.74 Å². The SMILES string of the molecule is C=C(C)[C@@H]1Cc2c(cc(O)c(C(=O)C(C)C)c2O)O1. The summed E-state index contributed by atoms with van der Waals surface area (Å²) in [5, 5.41) is 20.1. The summed E-state index contributed by atoms with van der Waals surface area (Å²) < 4.78 is 5.59. The molecule has 0 saturated heterocycles. The summed E-state index contributed by atoms with van der Waals surface area (Å²) in [5.74, 6) is -0.566. The summed E-state index contributed by atoms with van der Waals surface area (Å²) in [4.78, 5) is 12.0. The molecular formula is C15H18O4. The minimum absolute atomic E-state index is 0.0142. The van der Waals surface area contributed by atoms with Crippen molar-refractivity contribution in [3.63, 3.8) is 0 Å². The van der Waals surface area contributed by atoms with Gasteiger partial charge in [-0.3, -0.25) is 4.79 Å². The number of hydrogen-bond acceptors (Lipinski definition) is 4. The minimum atomic E-state index is -0.297. The highest BCUT2D eigenvalue weighted by molar-refractivity contribution is 6.03. The van der Waals surface area contributed by atoms with Crippen molar-refractivity contribution in [2.45, 2.75) is 33.3 Å². The average molecular weight is 262 g/mol. The maximum Gasteiger partial charge on any atom is 0.172 e. The Morgan fingerprint density at radius 1 is 1.47 bits per heavy atom. The zero-order chi connectivity index (χ0) is 14.3. The lowest BCUT2D eigenvalue weighted by Crippen LogP contribution is -2.13. The lowest BCUT2D eigenvalue weighted by molar-refractivity contribution is 0.0933. The number of phenols is 2. The number of aromatic hydroxyl groups is 2. The molecule has 1 aromatic rings. The number of fused-ring (bicyclic) bond motifs is 1. The van der Waals surface area contributed by atoms with E-state index in [0.29, 0.717) is 17.7 Å². The third kappa shape index (κ3) is 2.18. The average Bonchev–Trinajstić information content (AvgIpc) is 2.72. The third-order valence-corrected chi connectivity index (χ3v) is 3.32. The van der Waals surface area contributed by atoms with E-state index in [1.54, 1.807) is 13.8 Å². The van der Waals surface area contributed by atoms with E-state index in [9.17, 15) is 15.0 Å². The molecule has 19 heavy (non-hydrogen) atoms. The van der Waals surface area contributed by atoms with Gasteiger partial charge in [0.25, 0.3) is 0 Å². The van der Waals surface area contributed by atoms with Crippen molar-refractivity contribution in [3.05, 3.63) is 29.3 Å². The van der Waals surface area contributed by atoms with Crippen LogP contribution in [-0.4, -0.2) is 22.1 Å². The summed E-state index contributed by atoms with van der Waals surface area (Å²) in [5.41, 5.74) is 1.39. The molecule has 0 radical (unpaired) electrons. The third-order valence-electron chi connectivity index (χ3n) is 3.32. The van der Waals surface area contributed by atoms with Gasteiger partial charge in [-0.1, -0.05) is 20.4 Å². The van der Waals surface area contributed by atoms with Crippen molar-refractivity contribution in [2.24, 2.45) is 5.92 Å². The van der Waals surface area contributed by atoms with Crippen molar-refractivity contribution in [3.8, 4) is 17.2 Å². The van der Waals surface area contributed by atoms with Crippen molar-refractivity contribution < 1.29 is 19.7 Å². The molecule has 1 atom stereocenters. The van der Waals surface area contributed by atoms with Crippen LogP contribution >= 0.6 is 0 Å². The molecule has 2 N–H and O–H groups in total. The highest BCUT2D eigenvalue weighted by Gasteiger charge is 2.31. The molecule has 0 spiro atoms. The van der Waals surface area contributed by atoms with Crippen molar-refractivity contribution >= 4 is 5.78 Å². The molecule has 4 nitrogen and oxygen atoms in total. The molecule has 0 amide bonds. The van der Waals surface area contributed by atoms with Crippen LogP contribution in [0.15, 0.2) is 18.2 Å². The van der Waals surface area contributed by atoms with Gasteiger partial charge in [-0.15, -0.1) is 0 Å². The highest BCUT2D eigenvalue weighted by atomic mass is 16.5. The molecule has 0 saturated carbocycles. The predicted molar refractivity (Wildman–Crippen MR) is 71.9 cm³/mol. The number of carbonyl (C=O) groups is 1. The van der Waals surface area contributed by atoms with E-state index in [0.717, 1.165) is 5.57 Å². The maximum absolute atomic E-state index is 12.0. The predicted octanol–water partition coefficient (Wildman–Crippen LogP) is 2.82. The summed E-state index contributed by atoms with van der Waals surface area (Å²) in [6.45, 7) is 9.11. The summed E-state index contributed by atoms with van der Waals surface area (Å²) >= 11 is 0. The highest BCUT2D eigenvalue weighted by Crippen LogP contribution is 2.44. The van der Waals surface area contributed by atoms with Crippen LogP contribution in [0, 0.1) is 5.92 Å². The lowest BCUT2D eigenvalue weighted by Gasteiger charge is -2.11. The Balaban J connectivity index is 2.50. The van der Waals surface area contributed by atoms with Crippen LogP contribution in [0.1, 0.15) is 36.7 Å². The standard InChI is InChI=1S/C15H18O4/c1-7(2)11-5-9-12(19-11)6-10(16)13(15(9)18)14(17)8(3)4/h6,8,11,16,18H,1,5H2,2-4H3/t11-/m0/s1. The normalized spacial score (nSPS) is 17.2. The lowest BCUT2D eigenvalue weighted by atomic mass is 9.95. The van der Waals surface area contributed by atoms with Gasteiger partial charge in [-0.2, -0.15) is 0 Å². The molecule has 1 aromatic carbocycles. The van der Waals surface area contributed by atoms with E-state index in [1.807, 2.05) is 6.92 Å². The summed E-state index contributed by atoms with van der Waals surface area (Å²) in [7, 11) is 0. The molecule has 0 aromatic heterocycles. The number of hydrogen-bond donors (Lipinski definition) is 2. The molecule has 0 aliphatic carbocycles. The summed E-state index contributed by atoms with van der Waals surface area (Å²) in [6, 6.07) is 1.40. The van der Waals surface area contributed by atoms with Gasteiger partial charge in [0.15, 0.2) is 5.78 Å². The Labute approximate surface area is 112 Å². The minimum Gasteiger partial charge on any atom is -0.507 e. The van der Waals surface area contributed by atoms with Gasteiger partial charge >= 0.3 is 0 Å². The molecule has 0 unspecified atom stereocenters. The van der Waals surface area contributed by atoms with E-state index in [1.165, 1.54) is 6.07 Å². The van der Waals surface area contributed by atoms with Crippen LogP contribution in [0.5, 0.6) is 17.2 Å². The molecule has 102 valence electrons. The molecule has 0 fully saturated rings. The number of carbonyl (C=O) groups excluding carboxylic acids is 1. The van der Waals surface area contributed by atoms with Crippen LogP contribution in [0.3, 0.4) is 0 Å². The number of phenolic OH excluding ortho intramolecular Hbond substituents is 2. The fourth-order valence-electron chi connectivity index (χ4n) is 2.16. The topological polar surface area (TPSA) is 66.8 Å². The number of ether oxygens (including phenoxy) is 1. The Morgan fingerprint density at radius 3 is 2.63 bits per heavy atom. The fraction of sp³-hybridized carbons (Fsp3) is 0.400. The van der Waals surface area contributed by atoms with Gasteiger partial charge in [-0.05, 0) is 12.5 Å². The molecule has 0 bridgehead atoms. The number of ketones is 1. The molecule has 2 rings (SSSR count). The number of rotatable bonds is 3. The first kappa shape index (κ1) is 13.5. The Hall–Kier alpha value is -1.97. The fourth-order valence-corrected chi connectivity index (χ4v) is 2.16. The van der Waals surface area contributed by atoms with Crippen LogP contribution in [-0.2, 0) is 6.42 Å². The van der Waals surface area contributed by atoms with E-state index in [-0.39, 0.29) is 34.9 Å². The van der Waals surface area contributed by atoms with Crippen molar-refractivity contribution in [2.75, 3.05) is 0 Å². The second kappa shape index (κ2) is 4.61. The molecular weight excluding hydrogens is 244 g/mol. The van der Waals surface area contributed by atoms with Gasteiger partial charge < -0.3 is 14.9 Å². The first-order chi connectivity index (χ1) is 8.82. The molecule has 4 heteroatoms. The van der Waals surface area contributed by atoms with E-state index in [2.05, 4.69) is 6.58 Å². The van der Waals surface area contributed by atoms with Crippen LogP contribution in [0.4, 0.5) is 0 Å². The number of benzene rings is 1. The first-order valence-corrected chi connectivity index (χ1v) is 6.27. The maximum atomic E-state index is 12.0. The quantitative estimate of drug-likeness (QED) is 0.649. The van der Waals surface area contributed by atoms with Gasteiger partial charge in [0.2, 0.25) is 0 Å². The van der Waals surface area contributed by atoms with E-state index >= 15 is 0 Å². The Bertz CT molecular complexity index is 558. The van der Waals surface area contributed by atoms with Gasteiger partial charge in [0.05, 0.1) is 0 Å². The van der Waals surface area contributed by atoms with E-state index in [4.69, 9.17) is 4.74 Å². The van der Waals surface area contributed by atoms with Crippen LogP contribution in [0.25, 0.3) is 0 Å². The van der Waals surface area contributed by atoms with Gasteiger partial charge in [0.1, 0.15) is 28.9 Å². The van der Waals surface area contributed by atoms with E-state index < -0.39 is 0 Å². The van der Waals surface area contributed by atoms with Crippen LogP contribution in [0.2, 0.25) is 0 Å². The second-order valence-electron chi connectivity index (χ2n) is 5.27.